The van der Waals surface area contributed by atoms with Crippen LogP contribution in [0.15, 0.2) is 24.3 Å². The number of hydrogen-bond donors (Lipinski definition) is 1. The van der Waals surface area contributed by atoms with Crippen LogP contribution in [0.2, 0.25) is 0 Å². The van der Waals surface area contributed by atoms with Crippen LogP contribution in [0.4, 0.5) is 0 Å². The molecule has 0 radical (unpaired) electrons. The maximum atomic E-state index is 5.88. The van der Waals surface area contributed by atoms with Gasteiger partial charge in [0.25, 0.3) is 0 Å². The SMILES string of the molecule is NCCCn1nnnc1C1COc2ccccc2O1. The molecule has 0 fully saturated rings. The molecule has 0 saturated heterocycles. The highest BCUT2D eigenvalue weighted by Gasteiger charge is 2.27. The molecule has 2 aromatic rings. The summed E-state index contributed by atoms with van der Waals surface area (Å²) < 4.78 is 13.3. The van der Waals surface area contributed by atoms with Gasteiger partial charge in [0.2, 0.25) is 0 Å². The van der Waals surface area contributed by atoms with Crippen molar-refractivity contribution in [2.45, 2.75) is 19.1 Å². The monoisotopic (exact) mass is 261 g/mol. The average molecular weight is 261 g/mol. The van der Waals surface area contributed by atoms with E-state index in [0.717, 1.165) is 12.2 Å². The largest absolute Gasteiger partial charge is 0.485 e. The van der Waals surface area contributed by atoms with E-state index in [-0.39, 0.29) is 6.10 Å². The van der Waals surface area contributed by atoms with Gasteiger partial charge in [-0.15, -0.1) is 5.10 Å². The number of fused-ring (bicyclic) bond motifs is 1. The molecule has 1 atom stereocenters. The normalized spacial score (nSPS) is 17.4. The maximum Gasteiger partial charge on any atom is 0.195 e. The second-order valence-corrected chi connectivity index (χ2v) is 4.27. The Balaban J connectivity index is 1.79. The van der Waals surface area contributed by atoms with E-state index in [0.29, 0.717) is 31.3 Å². The minimum atomic E-state index is -0.289. The summed E-state index contributed by atoms with van der Waals surface area (Å²) in [4.78, 5) is 0. The van der Waals surface area contributed by atoms with Crippen LogP contribution in [0.3, 0.4) is 0 Å². The van der Waals surface area contributed by atoms with Crippen LogP contribution < -0.4 is 15.2 Å². The minimum absolute atomic E-state index is 0.289. The Morgan fingerprint density at radius 3 is 3.00 bits per heavy atom. The molecular weight excluding hydrogens is 246 g/mol. The highest BCUT2D eigenvalue weighted by Crippen LogP contribution is 2.35. The topological polar surface area (TPSA) is 88.1 Å². The lowest BCUT2D eigenvalue weighted by atomic mass is 10.2. The van der Waals surface area contributed by atoms with Gasteiger partial charge in [0.1, 0.15) is 6.61 Å². The molecular formula is C12H15N5O2. The number of aryl methyl sites for hydroxylation is 1. The minimum Gasteiger partial charge on any atom is -0.485 e. The third kappa shape index (κ3) is 2.37. The third-order valence-corrected chi connectivity index (χ3v) is 2.93. The van der Waals surface area contributed by atoms with E-state index in [1.165, 1.54) is 0 Å². The molecule has 7 nitrogen and oxygen atoms in total. The molecule has 1 unspecified atom stereocenters. The summed E-state index contributed by atoms with van der Waals surface area (Å²) in [6.07, 6.45) is 0.532. The van der Waals surface area contributed by atoms with Crippen LogP contribution >= 0.6 is 0 Å². The molecule has 1 aromatic heterocycles. The van der Waals surface area contributed by atoms with Crippen molar-refractivity contribution in [1.29, 1.82) is 0 Å². The van der Waals surface area contributed by atoms with Gasteiger partial charge in [0.15, 0.2) is 23.4 Å². The standard InChI is InChI=1S/C12H15N5O2/c13-6-3-7-17-12(14-15-16-17)11-8-18-9-4-1-2-5-10(9)19-11/h1-2,4-5,11H,3,6-8,13H2. The number of para-hydroxylation sites is 2. The Kier molecular flexibility index (Phi) is 3.28. The fraction of sp³-hybridized carbons (Fsp3) is 0.417. The first kappa shape index (κ1) is 11.9. The first-order valence-corrected chi connectivity index (χ1v) is 6.23. The summed E-state index contributed by atoms with van der Waals surface area (Å²) >= 11 is 0. The number of tetrazole rings is 1. The number of ether oxygens (including phenoxy) is 2. The number of nitrogens with two attached hydrogens (primary N) is 1. The fourth-order valence-electron chi connectivity index (χ4n) is 1.99. The molecule has 1 aliphatic rings. The zero-order valence-electron chi connectivity index (χ0n) is 10.4. The third-order valence-electron chi connectivity index (χ3n) is 2.93. The van der Waals surface area contributed by atoms with Gasteiger partial charge < -0.3 is 15.2 Å². The number of hydrogen-bond acceptors (Lipinski definition) is 6. The van der Waals surface area contributed by atoms with Crippen molar-refractivity contribution < 1.29 is 9.47 Å². The number of aromatic nitrogens is 4. The van der Waals surface area contributed by atoms with Gasteiger partial charge in [-0.2, -0.15) is 0 Å². The van der Waals surface area contributed by atoms with Gasteiger partial charge >= 0.3 is 0 Å². The molecule has 0 aliphatic carbocycles. The van der Waals surface area contributed by atoms with E-state index < -0.39 is 0 Å². The molecule has 1 aromatic carbocycles. The number of rotatable bonds is 4. The first-order valence-electron chi connectivity index (χ1n) is 6.23. The summed E-state index contributed by atoms with van der Waals surface area (Å²) in [5.74, 6) is 2.13. The van der Waals surface area contributed by atoms with Gasteiger partial charge in [0, 0.05) is 6.54 Å². The van der Waals surface area contributed by atoms with E-state index in [1.54, 1.807) is 4.68 Å². The van der Waals surface area contributed by atoms with E-state index in [1.807, 2.05) is 24.3 Å². The number of benzene rings is 1. The summed E-state index contributed by atoms with van der Waals surface area (Å²) in [5.41, 5.74) is 5.50. The summed E-state index contributed by atoms with van der Waals surface area (Å²) in [5, 5.41) is 11.7. The van der Waals surface area contributed by atoms with Crippen LogP contribution in [-0.2, 0) is 6.54 Å². The van der Waals surface area contributed by atoms with Gasteiger partial charge in [-0.3, -0.25) is 0 Å². The van der Waals surface area contributed by atoms with Gasteiger partial charge in [0.05, 0.1) is 0 Å². The predicted octanol–water partition coefficient (Wildman–Crippen LogP) is 0.534. The Bertz CT molecular complexity index is 557. The molecule has 0 saturated carbocycles. The molecule has 7 heteroatoms. The van der Waals surface area contributed by atoms with Crippen LogP contribution in [0.1, 0.15) is 18.3 Å². The van der Waals surface area contributed by atoms with Crippen molar-refractivity contribution in [2.24, 2.45) is 5.73 Å². The van der Waals surface area contributed by atoms with E-state index in [2.05, 4.69) is 15.5 Å². The van der Waals surface area contributed by atoms with E-state index in [9.17, 15) is 0 Å². The van der Waals surface area contributed by atoms with Crippen LogP contribution in [0.5, 0.6) is 11.5 Å². The molecule has 1 aliphatic heterocycles. The van der Waals surface area contributed by atoms with Gasteiger partial charge in [-0.1, -0.05) is 12.1 Å². The second-order valence-electron chi connectivity index (χ2n) is 4.27. The van der Waals surface area contributed by atoms with Crippen molar-refractivity contribution in [1.82, 2.24) is 20.2 Å². The first-order chi connectivity index (χ1) is 9.38. The lowest BCUT2D eigenvalue weighted by molar-refractivity contribution is 0.0813. The van der Waals surface area contributed by atoms with Gasteiger partial charge in [-0.05, 0) is 35.5 Å². The smallest absolute Gasteiger partial charge is 0.195 e. The summed E-state index contributed by atoms with van der Waals surface area (Å²) in [7, 11) is 0. The highest BCUT2D eigenvalue weighted by molar-refractivity contribution is 5.40. The molecule has 2 heterocycles. The zero-order valence-corrected chi connectivity index (χ0v) is 10.4. The molecule has 0 spiro atoms. The molecule has 2 N–H and O–H groups in total. The van der Waals surface area contributed by atoms with Crippen molar-refractivity contribution in [3.8, 4) is 11.5 Å². The Hall–Kier alpha value is -2.15. The van der Waals surface area contributed by atoms with Crippen molar-refractivity contribution >= 4 is 0 Å². The molecule has 0 amide bonds. The summed E-state index contributed by atoms with van der Waals surface area (Å²) in [6, 6.07) is 7.56. The van der Waals surface area contributed by atoms with Crippen LogP contribution in [0, 0.1) is 0 Å². The van der Waals surface area contributed by atoms with Crippen molar-refractivity contribution in [3.05, 3.63) is 30.1 Å². The fourth-order valence-corrected chi connectivity index (χ4v) is 1.99. The lowest BCUT2D eigenvalue weighted by Gasteiger charge is -2.25. The van der Waals surface area contributed by atoms with Gasteiger partial charge in [-0.25, -0.2) is 4.68 Å². The van der Waals surface area contributed by atoms with E-state index >= 15 is 0 Å². The van der Waals surface area contributed by atoms with Crippen LogP contribution in [-0.4, -0.2) is 33.4 Å². The van der Waals surface area contributed by atoms with Crippen molar-refractivity contribution in [3.63, 3.8) is 0 Å². The number of nitrogens with zero attached hydrogens (tertiary/aromatic N) is 4. The van der Waals surface area contributed by atoms with Crippen LogP contribution in [0.25, 0.3) is 0 Å². The quantitative estimate of drug-likeness (QED) is 0.864. The molecule has 0 bridgehead atoms. The summed E-state index contributed by atoms with van der Waals surface area (Å²) in [6.45, 7) is 1.69. The molecule has 19 heavy (non-hydrogen) atoms. The zero-order chi connectivity index (χ0) is 13.1. The second kappa shape index (κ2) is 5.23. The highest BCUT2D eigenvalue weighted by atomic mass is 16.6. The van der Waals surface area contributed by atoms with Crippen molar-refractivity contribution in [2.75, 3.05) is 13.2 Å². The maximum absolute atomic E-state index is 5.88. The Labute approximate surface area is 110 Å². The average Bonchev–Trinajstić information content (AvgIpc) is 2.93. The predicted molar refractivity (Wildman–Crippen MR) is 66.8 cm³/mol. The lowest BCUT2D eigenvalue weighted by Crippen LogP contribution is -2.25. The van der Waals surface area contributed by atoms with E-state index in [4.69, 9.17) is 15.2 Å². The Morgan fingerprint density at radius 1 is 1.32 bits per heavy atom. The Morgan fingerprint density at radius 2 is 2.16 bits per heavy atom. The molecule has 3 rings (SSSR count). The molecule has 100 valence electrons.